The van der Waals surface area contributed by atoms with E-state index in [-0.39, 0.29) is 33.7 Å². The Labute approximate surface area is 207 Å². The second-order valence-corrected chi connectivity index (χ2v) is 11.7. The Balaban J connectivity index is 1.55. The lowest BCUT2D eigenvalue weighted by atomic mass is 9.53. The highest BCUT2D eigenvalue weighted by Gasteiger charge is 2.82. The number of carbonyl (C=O) groups is 2. The van der Waals surface area contributed by atoms with E-state index in [9.17, 15) is 9.59 Å². The molecule has 34 heavy (non-hydrogen) atoms. The largest absolute Gasteiger partial charge is 0.369 e. The summed E-state index contributed by atoms with van der Waals surface area (Å²) in [7, 11) is 0. The molecule has 3 aliphatic carbocycles. The summed E-state index contributed by atoms with van der Waals surface area (Å²) in [5.41, 5.74) is 9.09. The van der Waals surface area contributed by atoms with Crippen molar-refractivity contribution in [2.75, 3.05) is 19.6 Å². The molecule has 2 saturated carbocycles. The van der Waals surface area contributed by atoms with Gasteiger partial charge in [0.1, 0.15) is 11.6 Å². The molecule has 0 unspecified atom stereocenters. The maximum absolute atomic E-state index is 15.0. The van der Waals surface area contributed by atoms with E-state index in [2.05, 4.69) is 20.8 Å². The fraction of sp³-hybridized carbons (Fsp3) is 0.615. The maximum atomic E-state index is 15.0. The van der Waals surface area contributed by atoms with Gasteiger partial charge in [0.2, 0.25) is 11.8 Å². The van der Waals surface area contributed by atoms with Crippen molar-refractivity contribution in [3.05, 3.63) is 46.0 Å². The number of nitrogens with two attached hydrogens (primary N) is 2. The molecule has 0 aromatic heterocycles. The van der Waals surface area contributed by atoms with Crippen LogP contribution in [0.4, 0.5) is 8.78 Å². The molecule has 1 saturated heterocycles. The molecule has 184 valence electrons. The van der Waals surface area contributed by atoms with Crippen LogP contribution in [0.2, 0.25) is 0 Å². The van der Waals surface area contributed by atoms with E-state index in [4.69, 9.17) is 11.5 Å². The third kappa shape index (κ3) is 3.24. The number of unbranched alkanes of at least 4 members (excludes halogenated alkanes) is 1. The van der Waals surface area contributed by atoms with Gasteiger partial charge in [-0.1, -0.05) is 34.5 Å². The minimum Gasteiger partial charge on any atom is -0.369 e. The van der Waals surface area contributed by atoms with Crippen LogP contribution < -0.4 is 11.5 Å². The molecule has 4 atom stereocenters. The number of primary amides is 2. The van der Waals surface area contributed by atoms with Gasteiger partial charge in [0.25, 0.3) is 0 Å². The van der Waals surface area contributed by atoms with Crippen molar-refractivity contribution in [1.82, 2.24) is 4.90 Å². The van der Waals surface area contributed by atoms with Crippen LogP contribution in [-0.2, 0) is 16.0 Å². The molecule has 5 rings (SSSR count). The number of halogens is 3. The summed E-state index contributed by atoms with van der Waals surface area (Å²) in [4.78, 5) is 29.2. The fourth-order valence-electron chi connectivity index (χ4n) is 7.80. The molecule has 1 heterocycles. The molecule has 4 N–H and O–H groups in total. The van der Waals surface area contributed by atoms with Gasteiger partial charge >= 0.3 is 0 Å². The highest BCUT2D eigenvalue weighted by atomic mass is 79.9. The highest BCUT2D eigenvalue weighted by Crippen LogP contribution is 2.81. The number of hydrogen-bond acceptors (Lipinski definition) is 3. The smallest absolute Gasteiger partial charge is 0.225 e. The minimum atomic E-state index is -1.46. The topological polar surface area (TPSA) is 89.4 Å². The molecule has 0 radical (unpaired) electrons. The molecule has 1 spiro atoms. The van der Waals surface area contributed by atoms with Gasteiger partial charge < -0.3 is 16.4 Å². The van der Waals surface area contributed by atoms with Gasteiger partial charge in [0, 0.05) is 10.0 Å². The Morgan fingerprint density at radius 2 is 1.53 bits per heavy atom. The van der Waals surface area contributed by atoms with E-state index in [1.807, 2.05) is 12.2 Å². The molecular weight excluding hydrogens is 504 g/mol. The molecule has 8 heteroatoms. The molecule has 1 aliphatic heterocycles. The Morgan fingerprint density at radius 1 is 0.971 bits per heavy atom. The van der Waals surface area contributed by atoms with Crippen LogP contribution in [0.1, 0.15) is 50.5 Å². The summed E-state index contributed by atoms with van der Waals surface area (Å²) >= 11 is 3.12. The first kappa shape index (κ1) is 23.9. The first-order valence-electron chi connectivity index (χ1n) is 12.3. The van der Waals surface area contributed by atoms with Crippen LogP contribution >= 0.6 is 15.9 Å². The van der Waals surface area contributed by atoms with Crippen LogP contribution in [0.5, 0.6) is 0 Å². The molecule has 1 aromatic rings. The SMILES string of the molecule is NC(=O)[C@]1(CCCCN2CCCC2)[C@@H]2C=C[C@@H](C23CC3)[C@@]1(Cc1c(F)cc(Br)cc1F)C(N)=O. The average Bonchev–Trinajstić information content (AvgIpc) is 3.14. The van der Waals surface area contributed by atoms with E-state index in [1.54, 1.807) is 0 Å². The van der Waals surface area contributed by atoms with E-state index in [0.29, 0.717) is 12.8 Å². The van der Waals surface area contributed by atoms with Crippen LogP contribution in [0.25, 0.3) is 0 Å². The van der Waals surface area contributed by atoms with Crippen molar-refractivity contribution in [3.63, 3.8) is 0 Å². The van der Waals surface area contributed by atoms with Crippen molar-refractivity contribution in [2.45, 2.75) is 51.4 Å². The summed E-state index contributed by atoms with van der Waals surface area (Å²) in [6.45, 7) is 3.11. The fourth-order valence-corrected chi connectivity index (χ4v) is 8.20. The average molecular weight is 536 g/mol. The van der Waals surface area contributed by atoms with E-state index >= 15 is 8.78 Å². The Kier molecular flexibility index (Phi) is 5.91. The van der Waals surface area contributed by atoms with Gasteiger partial charge in [-0.2, -0.15) is 0 Å². The molecule has 2 bridgehead atoms. The number of benzene rings is 1. The Bertz CT molecular complexity index is 1030. The molecule has 2 amide bonds. The van der Waals surface area contributed by atoms with Crippen LogP contribution in [-0.4, -0.2) is 36.3 Å². The lowest BCUT2D eigenvalue weighted by Crippen LogP contribution is -2.60. The van der Waals surface area contributed by atoms with Crippen molar-refractivity contribution >= 4 is 27.7 Å². The van der Waals surface area contributed by atoms with E-state index in [0.717, 1.165) is 38.9 Å². The summed E-state index contributed by atoms with van der Waals surface area (Å²) in [5, 5.41) is 0. The van der Waals surface area contributed by atoms with Crippen molar-refractivity contribution in [1.29, 1.82) is 0 Å². The van der Waals surface area contributed by atoms with Gasteiger partial charge in [-0.15, -0.1) is 0 Å². The predicted molar refractivity (Wildman–Crippen MR) is 128 cm³/mol. The molecule has 5 nitrogen and oxygen atoms in total. The second-order valence-electron chi connectivity index (χ2n) is 10.8. The maximum Gasteiger partial charge on any atom is 0.225 e. The van der Waals surface area contributed by atoms with Crippen molar-refractivity contribution in [2.24, 2.45) is 39.5 Å². The molecule has 1 aromatic carbocycles. The predicted octanol–water partition coefficient (Wildman–Crippen LogP) is 4.08. The Hall–Kier alpha value is -1.80. The summed E-state index contributed by atoms with van der Waals surface area (Å²) in [5.74, 6) is -3.35. The van der Waals surface area contributed by atoms with Gasteiger partial charge in [0.05, 0.1) is 10.8 Å². The number of likely N-dealkylation sites (tertiary alicyclic amines) is 1. The first-order valence-corrected chi connectivity index (χ1v) is 13.1. The van der Waals surface area contributed by atoms with E-state index in [1.165, 1.54) is 25.0 Å². The third-order valence-corrected chi connectivity index (χ3v) is 9.81. The minimum absolute atomic E-state index is 0.207. The van der Waals surface area contributed by atoms with Crippen LogP contribution in [0, 0.1) is 39.7 Å². The number of hydrogen-bond donors (Lipinski definition) is 2. The van der Waals surface area contributed by atoms with Crippen molar-refractivity contribution < 1.29 is 18.4 Å². The molecule has 3 fully saturated rings. The summed E-state index contributed by atoms with van der Waals surface area (Å²) < 4.78 is 30.3. The number of allylic oxidation sites excluding steroid dienone is 2. The zero-order valence-electron chi connectivity index (χ0n) is 19.3. The quantitative estimate of drug-likeness (QED) is 0.368. The normalized spacial score (nSPS) is 33.1. The number of carbonyl (C=O) groups excluding carboxylic acids is 2. The summed E-state index contributed by atoms with van der Waals surface area (Å²) in [6.07, 6.45) is 9.82. The van der Waals surface area contributed by atoms with Crippen LogP contribution in [0.15, 0.2) is 28.8 Å². The molecular formula is C26H32BrF2N3O2. The van der Waals surface area contributed by atoms with Gasteiger partial charge in [-0.25, -0.2) is 8.78 Å². The first-order chi connectivity index (χ1) is 16.2. The standard InChI is InChI=1S/C26H32BrF2N3O2/c27-16-13-18(28)17(19(29)14-16)15-26(23(31)34)21-6-5-20(24(21)8-9-24)25(26,22(30)33)7-1-2-10-32-11-3-4-12-32/h5-6,13-14,20-21H,1-4,7-12,15H2,(H2,30,33)(H2,31,34)/t20-,21+,25+,26+/m1/s1. The number of nitrogens with zero attached hydrogens (tertiary/aromatic N) is 1. The monoisotopic (exact) mass is 535 g/mol. The number of amides is 2. The van der Waals surface area contributed by atoms with Gasteiger partial charge in [-0.3, -0.25) is 9.59 Å². The lowest BCUT2D eigenvalue weighted by Gasteiger charge is -2.48. The van der Waals surface area contributed by atoms with E-state index < -0.39 is 34.3 Å². The second kappa shape index (κ2) is 8.40. The zero-order valence-corrected chi connectivity index (χ0v) is 20.9. The highest BCUT2D eigenvalue weighted by molar-refractivity contribution is 9.10. The zero-order chi connectivity index (χ0) is 24.3. The van der Waals surface area contributed by atoms with Gasteiger partial charge in [0.15, 0.2) is 0 Å². The van der Waals surface area contributed by atoms with Crippen LogP contribution in [0.3, 0.4) is 0 Å². The lowest BCUT2D eigenvalue weighted by molar-refractivity contribution is -0.151. The van der Waals surface area contributed by atoms with Crippen molar-refractivity contribution in [3.8, 4) is 0 Å². The van der Waals surface area contributed by atoms with Gasteiger partial charge in [-0.05, 0) is 94.0 Å². The molecule has 4 aliphatic rings. The summed E-state index contributed by atoms with van der Waals surface area (Å²) in [6, 6.07) is 2.37. The third-order valence-electron chi connectivity index (χ3n) is 9.35. The number of rotatable bonds is 9. The Morgan fingerprint density at radius 3 is 2.06 bits per heavy atom.